The Kier molecular flexibility index (Phi) is 5.45. The molecule has 0 aliphatic heterocycles. The van der Waals surface area contributed by atoms with Gasteiger partial charge in [-0.25, -0.2) is 18.5 Å². The molecule has 0 bridgehead atoms. The number of carbonyl (C=O) groups is 1. The third-order valence-electron chi connectivity index (χ3n) is 4.34. The van der Waals surface area contributed by atoms with E-state index >= 15 is 0 Å². The SMILES string of the molecule is NS(=O)(=O)c1ccc(-c2nc(-c3ccccc3)c(C(=O)Nc3ccccc3)s2)cc1. The lowest BCUT2D eigenvalue weighted by atomic mass is 10.1. The molecule has 0 aliphatic carbocycles. The summed E-state index contributed by atoms with van der Waals surface area (Å²) in [5.74, 6) is -0.259. The van der Waals surface area contributed by atoms with E-state index in [9.17, 15) is 13.2 Å². The topological polar surface area (TPSA) is 102 Å². The zero-order chi connectivity index (χ0) is 21.1. The standard InChI is InChI=1S/C22H17N3O3S2/c23-30(27,28)18-13-11-16(12-14-18)22-25-19(15-7-3-1-4-8-15)20(29-22)21(26)24-17-9-5-2-6-10-17/h1-14H,(H,24,26)(H2,23,27,28). The first kappa shape index (κ1) is 20.0. The number of primary sulfonamides is 1. The molecule has 0 fully saturated rings. The highest BCUT2D eigenvalue weighted by molar-refractivity contribution is 7.89. The minimum absolute atomic E-state index is 0.0214. The maximum atomic E-state index is 13.0. The molecule has 0 aliphatic rings. The van der Waals surface area contributed by atoms with Gasteiger partial charge in [0.1, 0.15) is 9.88 Å². The number of nitrogens with one attached hydrogen (secondary N) is 1. The fourth-order valence-electron chi connectivity index (χ4n) is 2.89. The van der Waals surface area contributed by atoms with E-state index in [1.54, 1.807) is 12.1 Å². The normalized spacial score (nSPS) is 11.2. The van der Waals surface area contributed by atoms with Gasteiger partial charge in [-0.2, -0.15) is 0 Å². The van der Waals surface area contributed by atoms with E-state index in [4.69, 9.17) is 5.14 Å². The Balaban J connectivity index is 1.75. The Hall–Kier alpha value is -3.33. The molecule has 0 radical (unpaired) electrons. The lowest BCUT2D eigenvalue weighted by Crippen LogP contribution is -2.11. The molecule has 0 unspecified atom stereocenters. The molecule has 8 heteroatoms. The number of rotatable bonds is 5. The molecule has 0 spiro atoms. The van der Waals surface area contributed by atoms with Crippen LogP contribution in [0.1, 0.15) is 9.67 Å². The van der Waals surface area contributed by atoms with Crippen molar-refractivity contribution in [3.05, 3.63) is 89.8 Å². The number of sulfonamides is 1. The average Bonchev–Trinajstić information content (AvgIpc) is 3.20. The van der Waals surface area contributed by atoms with E-state index in [1.165, 1.54) is 23.5 Å². The Morgan fingerprint density at radius 1 is 0.833 bits per heavy atom. The van der Waals surface area contributed by atoms with Crippen molar-refractivity contribution in [2.75, 3.05) is 5.32 Å². The minimum Gasteiger partial charge on any atom is -0.321 e. The maximum Gasteiger partial charge on any atom is 0.268 e. The predicted molar refractivity (Wildman–Crippen MR) is 119 cm³/mol. The van der Waals surface area contributed by atoms with Crippen LogP contribution < -0.4 is 10.5 Å². The number of anilines is 1. The summed E-state index contributed by atoms with van der Waals surface area (Å²) in [6.07, 6.45) is 0. The zero-order valence-electron chi connectivity index (χ0n) is 15.6. The number of para-hydroxylation sites is 1. The fourth-order valence-corrected chi connectivity index (χ4v) is 4.39. The van der Waals surface area contributed by atoms with E-state index < -0.39 is 10.0 Å². The Morgan fingerprint density at radius 3 is 2.03 bits per heavy atom. The van der Waals surface area contributed by atoms with Crippen LogP contribution >= 0.6 is 11.3 Å². The highest BCUT2D eigenvalue weighted by atomic mass is 32.2. The van der Waals surface area contributed by atoms with Gasteiger partial charge in [0.15, 0.2) is 0 Å². The Labute approximate surface area is 178 Å². The van der Waals surface area contributed by atoms with Gasteiger partial charge in [-0.15, -0.1) is 11.3 Å². The van der Waals surface area contributed by atoms with Gasteiger partial charge in [-0.05, 0) is 24.3 Å². The number of nitrogens with two attached hydrogens (primary N) is 1. The second-order valence-electron chi connectivity index (χ2n) is 6.45. The first-order chi connectivity index (χ1) is 14.4. The molecule has 1 amide bonds. The summed E-state index contributed by atoms with van der Waals surface area (Å²) in [4.78, 5) is 18.2. The van der Waals surface area contributed by atoms with Gasteiger partial charge in [0.05, 0.1) is 10.6 Å². The van der Waals surface area contributed by atoms with Crippen molar-refractivity contribution >= 4 is 33.0 Å². The lowest BCUT2D eigenvalue weighted by Gasteiger charge is -2.05. The first-order valence-electron chi connectivity index (χ1n) is 8.98. The van der Waals surface area contributed by atoms with Crippen molar-refractivity contribution in [2.45, 2.75) is 4.90 Å². The van der Waals surface area contributed by atoms with E-state index in [0.29, 0.717) is 26.8 Å². The summed E-state index contributed by atoms with van der Waals surface area (Å²) in [6.45, 7) is 0. The molecule has 0 saturated heterocycles. The minimum atomic E-state index is -3.78. The van der Waals surface area contributed by atoms with E-state index in [1.807, 2.05) is 60.7 Å². The number of carbonyl (C=O) groups excluding carboxylic acids is 1. The molecule has 0 saturated carbocycles. The molecule has 30 heavy (non-hydrogen) atoms. The van der Waals surface area contributed by atoms with Gasteiger partial charge in [-0.3, -0.25) is 4.79 Å². The van der Waals surface area contributed by atoms with Gasteiger partial charge in [0.2, 0.25) is 10.0 Å². The van der Waals surface area contributed by atoms with Crippen molar-refractivity contribution < 1.29 is 13.2 Å². The van der Waals surface area contributed by atoms with Crippen molar-refractivity contribution in [3.8, 4) is 21.8 Å². The summed E-state index contributed by atoms with van der Waals surface area (Å²) >= 11 is 1.24. The molecule has 150 valence electrons. The van der Waals surface area contributed by atoms with Crippen LogP contribution in [0.25, 0.3) is 21.8 Å². The number of nitrogens with zero attached hydrogens (tertiary/aromatic N) is 1. The molecule has 1 aromatic heterocycles. The lowest BCUT2D eigenvalue weighted by molar-refractivity contribution is 0.103. The molecule has 3 N–H and O–H groups in total. The van der Waals surface area contributed by atoms with Gasteiger partial charge >= 0.3 is 0 Å². The number of hydrogen-bond acceptors (Lipinski definition) is 5. The summed E-state index contributed by atoms with van der Waals surface area (Å²) in [6, 6.07) is 24.8. The number of aromatic nitrogens is 1. The van der Waals surface area contributed by atoms with Crippen LogP contribution in [0.5, 0.6) is 0 Å². The van der Waals surface area contributed by atoms with Gasteiger partial charge in [-0.1, -0.05) is 60.7 Å². The summed E-state index contributed by atoms with van der Waals surface area (Å²) in [7, 11) is -3.78. The van der Waals surface area contributed by atoms with Gasteiger partial charge in [0.25, 0.3) is 5.91 Å². The molecule has 4 rings (SSSR count). The summed E-state index contributed by atoms with van der Waals surface area (Å²) < 4.78 is 23.0. The monoisotopic (exact) mass is 435 g/mol. The van der Waals surface area contributed by atoms with Crippen LogP contribution in [0.15, 0.2) is 89.8 Å². The van der Waals surface area contributed by atoms with Crippen LogP contribution in [0, 0.1) is 0 Å². The van der Waals surface area contributed by atoms with Crippen LogP contribution in [-0.4, -0.2) is 19.3 Å². The Morgan fingerprint density at radius 2 is 1.43 bits per heavy atom. The summed E-state index contributed by atoms with van der Waals surface area (Å²) in [5.41, 5.74) is 2.77. The average molecular weight is 436 g/mol. The van der Waals surface area contributed by atoms with E-state index in [-0.39, 0.29) is 10.8 Å². The Bertz CT molecular complexity index is 1280. The first-order valence-corrected chi connectivity index (χ1v) is 11.3. The highest BCUT2D eigenvalue weighted by Gasteiger charge is 2.21. The highest BCUT2D eigenvalue weighted by Crippen LogP contribution is 2.34. The third kappa shape index (κ3) is 4.30. The van der Waals surface area contributed by atoms with Crippen LogP contribution in [0.3, 0.4) is 0 Å². The quantitative estimate of drug-likeness (QED) is 0.486. The van der Waals surface area contributed by atoms with Gasteiger partial charge < -0.3 is 5.32 Å². The zero-order valence-corrected chi connectivity index (χ0v) is 17.3. The van der Waals surface area contributed by atoms with Crippen LogP contribution in [0.4, 0.5) is 5.69 Å². The molecular weight excluding hydrogens is 418 g/mol. The largest absolute Gasteiger partial charge is 0.321 e. The van der Waals surface area contributed by atoms with Gasteiger partial charge in [0, 0.05) is 16.8 Å². The summed E-state index contributed by atoms with van der Waals surface area (Å²) in [5, 5.41) is 8.67. The second kappa shape index (κ2) is 8.19. The number of hydrogen-bond donors (Lipinski definition) is 2. The number of amides is 1. The smallest absolute Gasteiger partial charge is 0.268 e. The molecule has 0 atom stereocenters. The number of benzene rings is 3. The van der Waals surface area contributed by atoms with Crippen LogP contribution in [-0.2, 0) is 10.0 Å². The molecule has 3 aromatic carbocycles. The molecule has 4 aromatic rings. The van der Waals surface area contributed by atoms with Crippen molar-refractivity contribution in [3.63, 3.8) is 0 Å². The number of thiazole rings is 1. The van der Waals surface area contributed by atoms with E-state index in [0.717, 1.165) is 5.56 Å². The maximum absolute atomic E-state index is 13.0. The third-order valence-corrected chi connectivity index (χ3v) is 6.37. The van der Waals surface area contributed by atoms with E-state index in [2.05, 4.69) is 10.3 Å². The molecule has 6 nitrogen and oxygen atoms in total. The van der Waals surface area contributed by atoms with Crippen molar-refractivity contribution in [2.24, 2.45) is 5.14 Å². The fraction of sp³-hybridized carbons (Fsp3) is 0. The predicted octanol–water partition coefficient (Wildman–Crippen LogP) is 4.38. The second-order valence-corrected chi connectivity index (χ2v) is 9.01. The van der Waals surface area contributed by atoms with Crippen molar-refractivity contribution in [1.29, 1.82) is 0 Å². The molecule has 1 heterocycles. The van der Waals surface area contributed by atoms with Crippen LogP contribution in [0.2, 0.25) is 0 Å². The molecular formula is C22H17N3O3S2. The van der Waals surface area contributed by atoms with Crippen molar-refractivity contribution in [1.82, 2.24) is 4.98 Å².